The SMILES string of the molecule is C=CC1CCC(/C(C)=N/C(C)=C\C(C)=C\C)CC1. The largest absolute Gasteiger partial charge is 0.263 e. The van der Waals surface area contributed by atoms with E-state index in [0.29, 0.717) is 5.92 Å². The Labute approximate surface area is 112 Å². The number of aliphatic imine (C=N–C) groups is 1. The van der Waals surface area contributed by atoms with E-state index in [9.17, 15) is 0 Å². The van der Waals surface area contributed by atoms with Crippen molar-refractivity contribution < 1.29 is 0 Å². The first-order valence-electron chi connectivity index (χ1n) is 7.05. The molecule has 1 nitrogen and oxygen atoms in total. The maximum absolute atomic E-state index is 4.75. The lowest BCUT2D eigenvalue weighted by atomic mass is 9.80. The van der Waals surface area contributed by atoms with E-state index in [2.05, 4.69) is 52.5 Å². The summed E-state index contributed by atoms with van der Waals surface area (Å²) in [5.41, 5.74) is 3.70. The summed E-state index contributed by atoms with van der Waals surface area (Å²) in [6.07, 6.45) is 11.5. The van der Waals surface area contributed by atoms with Gasteiger partial charge in [0.1, 0.15) is 0 Å². The first kappa shape index (κ1) is 14.9. The molecule has 1 aliphatic carbocycles. The first-order chi connectivity index (χ1) is 8.56. The van der Waals surface area contributed by atoms with E-state index in [1.54, 1.807) is 0 Å². The lowest BCUT2D eigenvalue weighted by Gasteiger charge is -2.26. The molecule has 0 saturated heterocycles. The molecule has 0 aromatic heterocycles. The van der Waals surface area contributed by atoms with Gasteiger partial charge >= 0.3 is 0 Å². The van der Waals surface area contributed by atoms with Crippen LogP contribution in [0.3, 0.4) is 0 Å². The quantitative estimate of drug-likeness (QED) is 0.361. The fourth-order valence-electron chi connectivity index (χ4n) is 2.59. The van der Waals surface area contributed by atoms with Crippen LogP contribution in [-0.2, 0) is 0 Å². The monoisotopic (exact) mass is 245 g/mol. The molecule has 1 heteroatoms. The van der Waals surface area contributed by atoms with Gasteiger partial charge in [0.25, 0.3) is 0 Å². The second kappa shape index (κ2) is 7.35. The molecule has 0 radical (unpaired) electrons. The van der Waals surface area contributed by atoms with E-state index in [4.69, 9.17) is 4.99 Å². The molecule has 0 heterocycles. The van der Waals surface area contributed by atoms with Crippen LogP contribution in [0.1, 0.15) is 53.4 Å². The Morgan fingerprint density at radius 2 is 1.72 bits per heavy atom. The zero-order chi connectivity index (χ0) is 13.5. The summed E-state index contributed by atoms with van der Waals surface area (Å²) in [5.74, 6) is 1.41. The molecule has 0 amide bonds. The fraction of sp³-hybridized carbons (Fsp3) is 0.588. The van der Waals surface area contributed by atoms with Crippen LogP contribution in [0.5, 0.6) is 0 Å². The lowest BCUT2D eigenvalue weighted by Crippen LogP contribution is -2.19. The Bertz CT molecular complexity index is 363. The standard InChI is InChI=1S/C17H27N/c1-6-13(3)12-14(4)18-15(5)17-10-8-16(7-2)9-11-17/h6-7,12,16-17H,2,8-11H2,1,3-5H3/b13-6+,14-12-,18-15+. The van der Waals surface area contributed by atoms with E-state index in [1.807, 2.05) is 0 Å². The normalized spacial score (nSPS) is 27.2. The Hall–Kier alpha value is -1.11. The van der Waals surface area contributed by atoms with Gasteiger partial charge < -0.3 is 0 Å². The molecule has 0 atom stereocenters. The highest BCUT2D eigenvalue weighted by molar-refractivity contribution is 5.85. The molecule has 0 aliphatic heterocycles. The average Bonchev–Trinajstić information content (AvgIpc) is 2.38. The van der Waals surface area contributed by atoms with Crippen molar-refractivity contribution in [1.29, 1.82) is 0 Å². The summed E-state index contributed by atoms with van der Waals surface area (Å²) in [6, 6.07) is 0. The molecule has 0 aromatic carbocycles. The molecule has 1 fully saturated rings. The third-order valence-corrected chi connectivity index (χ3v) is 3.94. The molecule has 1 rings (SSSR count). The van der Waals surface area contributed by atoms with E-state index < -0.39 is 0 Å². The van der Waals surface area contributed by atoms with Gasteiger partial charge in [-0.15, -0.1) is 6.58 Å². The Balaban J connectivity index is 2.62. The van der Waals surface area contributed by atoms with Crippen LogP contribution < -0.4 is 0 Å². The molecule has 0 unspecified atom stereocenters. The number of hydrogen-bond donors (Lipinski definition) is 0. The summed E-state index contributed by atoms with van der Waals surface area (Å²) in [7, 11) is 0. The number of rotatable bonds is 4. The van der Waals surface area contributed by atoms with Crippen molar-refractivity contribution in [2.45, 2.75) is 53.4 Å². The average molecular weight is 245 g/mol. The number of nitrogens with zero attached hydrogens (tertiary/aromatic N) is 1. The van der Waals surface area contributed by atoms with Crippen molar-refractivity contribution in [3.05, 3.63) is 36.1 Å². The Kier molecular flexibility index (Phi) is 6.11. The topological polar surface area (TPSA) is 12.4 Å². The van der Waals surface area contributed by atoms with Gasteiger partial charge in [-0.1, -0.05) is 17.7 Å². The Morgan fingerprint density at radius 1 is 1.11 bits per heavy atom. The summed E-state index contributed by atoms with van der Waals surface area (Å²) in [4.78, 5) is 4.75. The molecule has 0 N–H and O–H groups in total. The van der Waals surface area contributed by atoms with Crippen molar-refractivity contribution in [2.75, 3.05) is 0 Å². The maximum atomic E-state index is 4.75. The fourth-order valence-corrected chi connectivity index (χ4v) is 2.59. The predicted molar refractivity (Wildman–Crippen MR) is 81.9 cm³/mol. The van der Waals surface area contributed by atoms with Gasteiger partial charge in [0.05, 0.1) is 0 Å². The van der Waals surface area contributed by atoms with Gasteiger partial charge in [0.2, 0.25) is 0 Å². The smallest absolute Gasteiger partial charge is 0.0374 e. The minimum absolute atomic E-state index is 0.676. The first-order valence-corrected chi connectivity index (χ1v) is 7.05. The molecule has 0 spiro atoms. The van der Waals surface area contributed by atoms with Gasteiger partial charge in [-0.2, -0.15) is 0 Å². The summed E-state index contributed by atoms with van der Waals surface area (Å²) in [5, 5.41) is 0. The molecule has 1 aliphatic rings. The molecule has 18 heavy (non-hydrogen) atoms. The Morgan fingerprint density at radius 3 is 2.22 bits per heavy atom. The van der Waals surface area contributed by atoms with Gasteiger partial charge in [-0.25, -0.2) is 0 Å². The molecule has 100 valence electrons. The minimum Gasteiger partial charge on any atom is -0.263 e. The van der Waals surface area contributed by atoms with Crippen LogP contribution in [0, 0.1) is 11.8 Å². The lowest BCUT2D eigenvalue weighted by molar-refractivity contribution is 0.371. The van der Waals surface area contributed by atoms with E-state index in [1.165, 1.54) is 37.0 Å². The van der Waals surface area contributed by atoms with Crippen LogP contribution in [0.4, 0.5) is 0 Å². The molecule has 1 saturated carbocycles. The van der Waals surface area contributed by atoms with E-state index in [-0.39, 0.29) is 0 Å². The zero-order valence-electron chi connectivity index (χ0n) is 12.4. The summed E-state index contributed by atoms with van der Waals surface area (Å²) < 4.78 is 0. The van der Waals surface area contributed by atoms with Crippen molar-refractivity contribution in [1.82, 2.24) is 0 Å². The van der Waals surface area contributed by atoms with E-state index >= 15 is 0 Å². The van der Waals surface area contributed by atoms with Crippen LogP contribution in [0.15, 0.2) is 41.1 Å². The van der Waals surface area contributed by atoms with Gasteiger partial charge in [0, 0.05) is 11.4 Å². The molecular formula is C17H27N. The minimum atomic E-state index is 0.676. The highest BCUT2D eigenvalue weighted by Crippen LogP contribution is 2.30. The second-order valence-electron chi connectivity index (χ2n) is 5.42. The number of allylic oxidation sites excluding steroid dienone is 5. The van der Waals surface area contributed by atoms with Crippen LogP contribution in [0.25, 0.3) is 0 Å². The zero-order valence-corrected chi connectivity index (χ0v) is 12.4. The summed E-state index contributed by atoms with van der Waals surface area (Å²) in [6.45, 7) is 12.3. The van der Waals surface area contributed by atoms with Crippen molar-refractivity contribution in [2.24, 2.45) is 16.8 Å². The van der Waals surface area contributed by atoms with Crippen molar-refractivity contribution in [3.63, 3.8) is 0 Å². The van der Waals surface area contributed by atoms with Gasteiger partial charge in [-0.3, -0.25) is 4.99 Å². The maximum Gasteiger partial charge on any atom is 0.0374 e. The molecule has 0 bridgehead atoms. The predicted octanol–water partition coefficient (Wildman–Crippen LogP) is 5.31. The van der Waals surface area contributed by atoms with Gasteiger partial charge in [0.15, 0.2) is 0 Å². The third-order valence-electron chi connectivity index (χ3n) is 3.94. The highest BCUT2D eigenvalue weighted by atomic mass is 14.7. The van der Waals surface area contributed by atoms with Crippen molar-refractivity contribution in [3.8, 4) is 0 Å². The molecule has 0 aromatic rings. The van der Waals surface area contributed by atoms with Crippen LogP contribution in [-0.4, -0.2) is 5.71 Å². The third kappa shape index (κ3) is 4.64. The van der Waals surface area contributed by atoms with Crippen molar-refractivity contribution >= 4 is 5.71 Å². The van der Waals surface area contributed by atoms with Gasteiger partial charge in [-0.05, 0) is 71.3 Å². The second-order valence-corrected chi connectivity index (χ2v) is 5.42. The number of hydrogen-bond acceptors (Lipinski definition) is 1. The molecular weight excluding hydrogens is 218 g/mol. The highest BCUT2D eigenvalue weighted by Gasteiger charge is 2.20. The summed E-state index contributed by atoms with van der Waals surface area (Å²) >= 11 is 0. The van der Waals surface area contributed by atoms with Crippen LogP contribution >= 0.6 is 0 Å². The van der Waals surface area contributed by atoms with E-state index in [0.717, 1.165) is 11.6 Å². The van der Waals surface area contributed by atoms with Crippen LogP contribution in [0.2, 0.25) is 0 Å².